The average Bonchev–Trinajstić information content (AvgIpc) is 2.34. The fourth-order valence-corrected chi connectivity index (χ4v) is 2.64. The third-order valence-corrected chi connectivity index (χ3v) is 3.78. The van der Waals surface area contributed by atoms with Crippen LogP contribution < -0.4 is 10.5 Å². The van der Waals surface area contributed by atoms with Crippen molar-refractivity contribution in [1.82, 2.24) is 4.90 Å². The highest BCUT2D eigenvalue weighted by Crippen LogP contribution is 2.32. The Morgan fingerprint density at radius 3 is 2.76 bits per heavy atom. The number of hydrogen-bond acceptors (Lipinski definition) is 3. The van der Waals surface area contributed by atoms with Crippen molar-refractivity contribution in [3.63, 3.8) is 0 Å². The Balaban J connectivity index is 2.38. The van der Waals surface area contributed by atoms with Gasteiger partial charge in [-0.25, -0.2) is 0 Å². The molecule has 1 aromatic rings. The second kappa shape index (κ2) is 5.07. The van der Waals surface area contributed by atoms with E-state index in [0.29, 0.717) is 0 Å². The highest BCUT2D eigenvalue weighted by Gasteiger charge is 2.21. The van der Waals surface area contributed by atoms with E-state index in [4.69, 9.17) is 10.5 Å². The number of fused-ring (bicyclic) bond motifs is 1. The van der Waals surface area contributed by atoms with E-state index >= 15 is 0 Å². The molecule has 0 amide bonds. The summed E-state index contributed by atoms with van der Waals surface area (Å²) in [5, 5.41) is 0. The van der Waals surface area contributed by atoms with Crippen molar-refractivity contribution in [2.45, 2.75) is 26.8 Å². The van der Waals surface area contributed by atoms with Gasteiger partial charge >= 0.3 is 0 Å². The number of benzene rings is 1. The summed E-state index contributed by atoms with van der Waals surface area (Å²) in [5.41, 5.74) is 11.2. The van der Waals surface area contributed by atoms with Gasteiger partial charge in [-0.2, -0.15) is 0 Å². The molecule has 0 unspecified atom stereocenters. The zero-order chi connectivity index (χ0) is 12.4. The Bertz CT molecular complexity index is 415. The van der Waals surface area contributed by atoms with E-state index in [1.165, 1.54) is 22.3 Å². The molecule has 2 rings (SSSR count). The largest absolute Gasteiger partial charge is 0.496 e. The first kappa shape index (κ1) is 12.4. The number of nitrogens with zero attached hydrogens (tertiary/aromatic N) is 1. The molecule has 94 valence electrons. The average molecular weight is 234 g/mol. The summed E-state index contributed by atoms with van der Waals surface area (Å²) in [5.74, 6) is 1.03. The fraction of sp³-hybridized carbons (Fsp3) is 0.571. The van der Waals surface area contributed by atoms with Gasteiger partial charge in [-0.05, 0) is 43.0 Å². The van der Waals surface area contributed by atoms with Gasteiger partial charge in [-0.3, -0.25) is 4.90 Å². The minimum atomic E-state index is 0.725. The molecule has 3 nitrogen and oxygen atoms in total. The monoisotopic (exact) mass is 234 g/mol. The molecule has 0 aromatic heterocycles. The van der Waals surface area contributed by atoms with Crippen LogP contribution in [0.4, 0.5) is 0 Å². The zero-order valence-electron chi connectivity index (χ0n) is 11.0. The van der Waals surface area contributed by atoms with Crippen LogP contribution in [0.1, 0.15) is 22.3 Å². The van der Waals surface area contributed by atoms with Crippen LogP contribution in [0.2, 0.25) is 0 Å². The van der Waals surface area contributed by atoms with E-state index in [1.54, 1.807) is 7.11 Å². The van der Waals surface area contributed by atoms with Gasteiger partial charge in [0.1, 0.15) is 5.75 Å². The van der Waals surface area contributed by atoms with E-state index in [1.807, 2.05) is 0 Å². The van der Waals surface area contributed by atoms with Crippen LogP contribution in [0.5, 0.6) is 5.75 Å². The summed E-state index contributed by atoms with van der Waals surface area (Å²) in [6.45, 7) is 8.14. The van der Waals surface area contributed by atoms with Gasteiger partial charge in [0.25, 0.3) is 0 Å². The molecule has 0 radical (unpaired) electrons. The van der Waals surface area contributed by atoms with Crippen molar-refractivity contribution in [1.29, 1.82) is 0 Å². The Morgan fingerprint density at radius 2 is 2.12 bits per heavy atom. The number of rotatable bonds is 3. The molecule has 1 heterocycles. The smallest absolute Gasteiger partial charge is 0.123 e. The summed E-state index contributed by atoms with van der Waals surface area (Å²) in [6, 6.07) is 2.15. The summed E-state index contributed by atoms with van der Waals surface area (Å²) in [7, 11) is 1.76. The summed E-state index contributed by atoms with van der Waals surface area (Å²) in [6.07, 6.45) is 1.11. The lowest BCUT2D eigenvalue weighted by atomic mass is 9.91. The number of hydrogen-bond donors (Lipinski definition) is 1. The molecule has 0 saturated heterocycles. The summed E-state index contributed by atoms with van der Waals surface area (Å²) >= 11 is 0. The molecule has 0 bridgehead atoms. The van der Waals surface area contributed by atoms with E-state index in [-0.39, 0.29) is 0 Å². The van der Waals surface area contributed by atoms with E-state index < -0.39 is 0 Å². The van der Waals surface area contributed by atoms with Crippen molar-refractivity contribution in [3.05, 3.63) is 28.3 Å². The second-order valence-electron chi connectivity index (χ2n) is 4.79. The first-order valence-electron chi connectivity index (χ1n) is 6.25. The highest BCUT2D eigenvalue weighted by molar-refractivity contribution is 5.49. The van der Waals surface area contributed by atoms with Gasteiger partial charge in [-0.1, -0.05) is 0 Å². The zero-order valence-corrected chi connectivity index (χ0v) is 11.0. The summed E-state index contributed by atoms with van der Waals surface area (Å²) < 4.78 is 5.52. The molecule has 1 aliphatic heterocycles. The van der Waals surface area contributed by atoms with Crippen molar-refractivity contribution >= 4 is 0 Å². The third kappa shape index (κ3) is 2.31. The number of methoxy groups -OCH3 is 1. The maximum Gasteiger partial charge on any atom is 0.123 e. The van der Waals surface area contributed by atoms with Crippen LogP contribution >= 0.6 is 0 Å². The number of ether oxygens (including phenoxy) is 1. The van der Waals surface area contributed by atoms with Crippen LogP contribution in [0.25, 0.3) is 0 Å². The van der Waals surface area contributed by atoms with Crippen molar-refractivity contribution in [3.8, 4) is 5.75 Å². The van der Waals surface area contributed by atoms with Crippen LogP contribution in [0.3, 0.4) is 0 Å². The van der Waals surface area contributed by atoms with Gasteiger partial charge in [0, 0.05) is 31.7 Å². The first-order valence-corrected chi connectivity index (χ1v) is 6.25. The van der Waals surface area contributed by atoms with Gasteiger partial charge in [0.05, 0.1) is 7.11 Å². The molecular weight excluding hydrogens is 212 g/mol. The van der Waals surface area contributed by atoms with Crippen LogP contribution in [0.15, 0.2) is 6.07 Å². The minimum Gasteiger partial charge on any atom is -0.496 e. The Labute approximate surface area is 104 Å². The number of nitrogens with two attached hydrogens (primary N) is 1. The molecule has 17 heavy (non-hydrogen) atoms. The molecule has 0 fully saturated rings. The van der Waals surface area contributed by atoms with E-state index in [0.717, 1.165) is 38.3 Å². The Kier molecular flexibility index (Phi) is 3.69. The second-order valence-corrected chi connectivity index (χ2v) is 4.79. The SMILES string of the molecule is COc1cc(C)c(C)c2c1CN(CCN)CC2. The highest BCUT2D eigenvalue weighted by atomic mass is 16.5. The molecule has 1 aliphatic rings. The van der Waals surface area contributed by atoms with Crippen molar-refractivity contribution in [2.75, 3.05) is 26.7 Å². The van der Waals surface area contributed by atoms with Crippen LogP contribution in [-0.4, -0.2) is 31.6 Å². The standard InChI is InChI=1S/C14H22N2O/c1-10-8-14(17-3)13-9-16(7-5-15)6-4-12(13)11(10)2/h8H,4-7,9,15H2,1-3H3. The van der Waals surface area contributed by atoms with Crippen LogP contribution in [0, 0.1) is 13.8 Å². The maximum absolute atomic E-state index is 5.63. The molecule has 0 saturated carbocycles. The third-order valence-electron chi connectivity index (χ3n) is 3.78. The molecule has 3 heteroatoms. The lowest BCUT2D eigenvalue weighted by Gasteiger charge is -2.31. The molecular formula is C14H22N2O. The predicted molar refractivity (Wildman–Crippen MR) is 70.5 cm³/mol. The van der Waals surface area contributed by atoms with Gasteiger partial charge in [-0.15, -0.1) is 0 Å². The molecule has 0 aliphatic carbocycles. The van der Waals surface area contributed by atoms with Crippen molar-refractivity contribution < 1.29 is 4.74 Å². The Hall–Kier alpha value is -1.06. The van der Waals surface area contributed by atoms with Gasteiger partial charge in [0.15, 0.2) is 0 Å². The lowest BCUT2D eigenvalue weighted by Crippen LogP contribution is -2.35. The molecule has 1 aromatic carbocycles. The van der Waals surface area contributed by atoms with E-state index in [9.17, 15) is 0 Å². The first-order chi connectivity index (χ1) is 8.17. The molecule has 0 spiro atoms. The van der Waals surface area contributed by atoms with E-state index in [2.05, 4.69) is 24.8 Å². The Morgan fingerprint density at radius 1 is 1.35 bits per heavy atom. The topological polar surface area (TPSA) is 38.5 Å². The van der Waals surface area contributed by atoms with Crippen molar-refractivity contribution in [2.24, 2.45) is 5.73 Å². The van der Waals surface area contributed by atoms with Gasteiger partial charge in [0.2, 0.25) is 0 Å². The molecule has 0 atom stereocenters. The maximum atomic E-state index is 5.63. The predicted octanol–water partition coefficient (Wildman–Crippen LogP) is 1.63. The van der Waals surface area contributed by atoms with Gasteiger partial charge < -0.3 is 10.5 Å². The quantitative estimate of drug-likeness (QED) is 0.864. The van der Waals surface area contributed by atoms with Crippen LogP contribution in [-0.2, 0) is 13.0 Å². The number of aryl methyl sites for hydroxylation is 1. The normalized spacial score (nSPS) is 15.8. The fourth-order valence-electron chi connectivity index (χ4n) is 2.64. The minimum absolute atomic E-state index is 0.725. The lowest BCUT2D eigenvalue weighted by molar-refractivity contribution is 0.255. The summed E-state index contributed by atoms with van der Waals surface area (Å²) in [4.78, 5) is 2.40. The molecule has 2 N–H and O–H groups in total.